The molecule has 0 N–H and O–H groups in total. The van der Waals surface area contributed by atoms with Gasteiger partial charge in [0.15, 0.2) is 0 Å². The van der Waals surface area contributed by atoms with Crippen molar-refractivity contribution in [1.82, 2.24) is 4.90 Å². The summed E-state index contributed by atoms with van der Waals surface area (Å²) < 4.78 is 33.5. The standard InChI is InChI=1S/C21H49NO6Si2/c1-22(14-18-27-16-10-8-12-20-29(6,23-2)24-3)15-19-28-17-11-9-13-21-30(7,25-4)26-5/h8-21H2,1-7H3. The largest absolute Gasteiger partial charge is 0.398 e. The second-order valence-corrected chi connectivity index (χ2v) is 15.4. The van der Waals surface area contributed by atoms with Crippen molar-refractivity contribution in [3.8, 4) is 0 Å². The van der Waals surface area contributed by atoms with Gasteiger partial charge in [0.1, 0.15) is 0 Å². The fraction of sp³-hybridized carbons (Fsp3) is 1.00. The van der Waals surface area contributed by atoms with E-state index < -0.39 is 17.1 Å². The highest BCUT2D eigenvalue weighted by atomic mass is 28.4. The molecule has 0 radical (unpaired) electrons. The van der Waals surface area contributed by atoms with Crippen LogP contribution in [-0.4, -0.2) is 97.0 Å². The number of rotatable bonds is 22. The van der Waals surface area contributed by atoms with Gasteiger partial charge in [-0.15, -0.1) is 0 Å². The van der Waals surface area contributed by atoms with Crippen LogP contribution in [0.25, 0.3) is 0 Å². The Kier molecular flexibility index (Phi) is 18.8. The van der Waals surface area contributed by atoms with Crippen LogP contribution in [0.2, 0.25) is 25.2 Å². The van der Waals surface area contributed by atoms with Crippen LogP contribution in [0.3, 0.4) is 0 Å². The Hall–Kier alpha value is 0.154. The van der Waals surface area contributed by atoms with Crippen molar-refractivity contribution in [2.45, 2.75) is 63.7 Å². The van der Waals surface area contributed by atoms with Gasteiger partial charge in [-0.3, -0.25) is 0 Å². The van der Waals surface area contributed by atoms with Gasteiger partial charge < -0.3 is 32.1 Å². The Morgan fingerprint density at radius 1 is 0.533 bits per heavy atom. The molecule has 0 aromatic carbocycles. The van der Waals surface area contributed by atoms with Crippen molar-refractivity contribution >= 4 is 17.1 Å². The molecule has 0 spiro atoms. The number of unbranched alkanes of at least 4 members (excludes halogenated alkanes) is 4. The maximum Gasteiger partial charge on any atom is 0.334 e. The molecule has 0 heterocycles. The Morgan fingerprint density at radius 3 is 1.23 bits per heavy atom. The predicted octanol–water partition coefficient (Wildman–Crippen LogP) is 4.02. The van der Waals surface area contributed by atoms with E-state index in [0.29, 0.717) is 0 Å². The van der Waals surface area contributed by atoms with Gasteiger partial charge in [-0.05, 0) is 45.1 Å². The van der Waals surface area contributed by atoms with Crippen molar-refractivity contribution in [2.24, 2.45) is 0 Å². The lowest BCUT2D eigenvalue weighted by atomic mass is 10.3. The number of likely N-dealkylation sites (N-methyl/N-ethyl adjacent to an activating group) is 1. The Balaban J connectivity index is 3.41. The highest BCUT2D eigenvalue weighted by Crippen LogP contribution is 2.16. The first-order valence-corrected chi connectivity index (χ1v) is 16.4. The van der Waals surface area contributed by atoms with Crippen LogP contribution in [0, 0.1) is 0 Å². The molecule has 9 heteroatoms. The fourth-order valence-electron chi connectivity index (χ4n) is 2.99. The minimum absolute atomic E-state index is 0.779. The topological polar surface area (TPSA) is 58.6 Å². The highest BCUT2D eigenvalue weighted by molar-refractivity contribution is 6.66. The van der Waals surface area contributed by atoms with Crippen LogP contribution in [-0.2, 0) is 27.2 Å². The minimum atomic E-state index is -1.89. The van der Waals surface area contributed by atoms with Crippen LogP contribution in [0.15, 0.2) is 0 Å². The lowest BCUT2D eigenvalue weighted by Gasteiger charge is -2.22. The average Bonchev–Trinajstić information content (AvgIpc) is 2.76. The van der Waals surface area contributed by atoms with Gasteiger partial charge in [-0.25, -0.2) is 0 Å². The van der Waals surface area contributed by atoms with E-state index in [1.807, 2.05) is 0 Å². The van der Waals surface area contributed by atoms with E-state index in [9.17, 15) is 0 Å². The number of nitrogens with zero attached hydrogens (tertiary/aromatic N) is 1. The summed E-state index contributed by atoms with van der Waals surface area (Å²) in [6.07, 6.45) is 6.81. The second kappa shape index (κ2) is 18.7. The predicted molar refractivity (Wildman–Crippen MR) is 128 cm³/mol. The van der Waals surface area contributed by atoms with Crippen LogP contribution < -0.4 is 0 Å². The van der Waals surface area contributed by atoms with Crippen molar-refractivity contribution < 1.29 is 27.2 Å². The SMILES string of the molecule is CO[Si](C)(CCCCCOCCN(C)CCOCCCCC[Si](C)(OC)OC)OC. The summed E-state index contributed by atoms with van der Waals surface area (Å²) in [4.78, 5) is 2.27. The third-order valence-electron chi connectivity index (χ3n) is 5.80. The molecule has 0 fully saturated rings. The molecule has 0 bridgehead atoms. The van der Waals surface area contributed by atoms with Gasteiger partial charge in [0.05, 0.1) is 13.2 Å². The van der Waals surface area contributed by atoms with E-state index in [0.717, 1.165) is 90.1 Å². The van der Waals surface area contributed by atoms with Crippen LogP contribution in [0.5, 0.6) is 0 Å². The highest BCUT2D eigenvalue weighted by Gasteiger charge is 2.28. The second-order valence-electron chi connectivity index (χ2n) is 8.23. The summed E-state index contributed by atoms with van der Waals surface area (Å²) >= 11 is 0. The van der Waals surface area contributed by atoms with E-state index in [2.05, 4.69) is 25.0 Å². The first kappa shape index (κ1) is 30.2. The van der Waals surface area contributed by atoms with E-state index >= 15 is 0 Å². The first-order chi connectivity index (χ1) is 14.3. The monoisotopic (exact) mass is 467 g/mol. The van der Waals surface area contributed by atoms with Gasteiger partial charge in [0.2, 0.25) is 0 Å². The molecular formula is C21H49NO6Si2. The molecule has 30 heavy (non-hydrogen) atoms. The van der Waals surface area contributed by atoms with Crippen molar-refractivity contribution in [2.75, 3.05) is 75.0 Å². The normalized spacial score (nSPS) is 12.8. The Bertz CT molecular complexity index is 351. The minimum Gasteiger partial charge on any atom is -0.398 e. The Labute approximate surface area is 188 Å². The fourth-order valence-corrected chi connectivity index (χ4v) is 5.92. The molecule has 0 aromatic rings. The molecule has 0 aliphatic rings. The first-order valence-electron chi connectivity index (χ1n) is 11.4. The molecule has 0 aromatic heterocycles. The van der Waals surface area contributed by atoms with Gasteiger partial charge >= 0.3 is 17.1 Å². The van der Waals surface area contributed by atoms with E-state index in [1.54, 1.807) is 28.4 Å². The van der Waals surface area contributed by atoms with Crippen molar-refractivity contribution in [3.63, 3.8) is 0 Å². The summed E-state index contributed by atoms with van der Waals surface area (Å²) in [6, 6.07) is 2.09. The maximum atomic E-state index is 5.76. The van der Waals surface area contributed by atoms with E-state index in [1.165, 1.54) is 0 Å². The molecule has 0 amide bonds. The molecule has 0 atom stereocenters. The van der Waals surface area contributed by atoms with Crippen LogP contribution in [0.1, 0.15) is 38.5 Å². The summed E-state index contributed by atoms with van der Waals surface area (Å²) in [5.74, 6) is 0. The lowest BCUT2D eigenvalue weighted by Crippen LogP contribution is -2.35. The lowest BCUT2D eigenvalue weighted by molar-refractivity contribution is 0.0815. The zero-order chi connectivity index (χ0) is 22.7. The van der Waals surface area contributed by atoms with Crippen LogP contribution >= 0.6 is 0 Å². The van der Waals surface area contributed by atoms with E-state index in [-0.39, 0.29) is 0 Å². The molecule has 0 rings (SSSR count). The van der Waals surface area contributed by atoms with Gasteiger partial charge in [-0.2, -0.15) is 0 Å². The molecule has 0 aliphatic carbocycles. The quantitative estimate of drug-likeness (QED) is 0.176. The summed E-state index contributed by atoms with van der Waals surface area (Å²) in [6.45, 7) is 9.34. The molecule has 182 valence electrons. The zero-order valence-electron chi connectivity index (χ0n) is 20.8. The molecular weight excluding hydrogens is 418 g/mol. The van der Waals surface area contributed by atoms with Crippen molar-refractivity contribution in [1.29, 1.82) is 0 Å². The van der Waals surface area contributed by atoms with Crippen LogP contribution in [0.4, 0.5) is 0 Å². The zero-order valence-corrected chi connectivity index (χ0v) is 22.8. The molecule has 0 unspecified atom stereocenters. The number of ether oxygens (including phenoxy) is 2. The van der Waals surface area contributed by atoms with Gasteiger partial charge in [0, 0.05) is 54.7 Å². The van der Waals surface area contributed by atoms with Gasteiger partial charge in [0.25, 0.3) is 0 Å². The van der Waals surface area contributed by atoms with Gasteiger partial charge in [-0.1, -0.05) is 25.7 Å². The molecule has 7 nitrogen and oxygen atoms in total. The average molecular weight is 468 g/mol. The molecule has 0 saturated carbocycles. The third-order valence-corrected chi connectivity index (χ3v) is 11.8. The van der Waals surface area contributed by atoms with Crippen molar-refractivity contribution in [3.05, 3.63) is 0 Å². The summed E-state index contributed by atoms with van der Waals surface area (Å²) in [5.41, 5.74) is 0. The molecule has 0 saturated heterocycles. The summed E-state index contributed by atoms with van der Waals surface area (Å²) in [7, 11) is 5.35. The number of hydrogen-bond donors (Lipinski definition) is 0. The number of hydrogen-bond acceptors (Lipinski definition) is 7. The maximum absolute atomic E-state index is 5.76. The Morgan fingerprint density at radius 2 is 0.900 bits per heavy atom. The third kappa shape index (κ3) is 15.9. The van der Waals surface area contributed by atoms with E-state index in [4.69, 9.17) is 27.2 Å². The smallest absolute Gasteiger partial charge is 0.334 e. The molecule has 0 aliphatic heterocycles. The summed E-state index contributed by atoms with van der Waals surface area (Å²) in [5, 5.41) is 0.